The molecule has 0 unspecified atom stereocenters. The molecule has 0 radical (unpaired) electrons. The summed E-state index contributed by atoms with van der Waals surface area (Å²) in [6, 6.07) is 21.0. The van der Waals surface area contributed by atoms with Gasteiger partial charge in [-0.1, -0.05) is 60.7 Å². The summed E-state index contributed by atoms with van der Waals surface area (Å²) in [6.45, 7) is 7.03. The summed E-state index contributed by atoms with van der Waals surface area (Å²) in [5.41, 5.74) is 2.50. The Hall–Kier alpha value is -2.21. The Kier molecular flexibility index (Phi) is 7.38. The van der Waals surface area contributed by atoms with Gasteiger partial charge in [0.1, 0.15) is 0 Å². The van der Waals surface area contributed by atoms with Crippen LogP contribution in [0.25, 0.3) is 0 Å². The lowest BCUT2D eigenvalue weighted by atomic mass is 10.0. The van der Waals surface area contributed by atoms with Crippen LogP contribution in [0.2, 0.25) is 0 Å². The summed E-state index contributed by atoms with van der Waals surface area (Å²) in [5.74, 6) is 0.162. The number of amides is 1. The molecule has 0 bridgehead atoms. The van der Waals surface area contributed by atoms with E-state index in [-0.39, 0.29) is 11.9 Å². The zero-order valence-electron chi connectivity index (χ0n) is 18.6. The second-order valence-electron chi connectivity index (χ2n) is 8.93. The fraction of sp³-hybridized carbons (Fsp3) is 0.500. The minimum Gasteiger partial charge on any atom is -0.392 e. The van der Waals surface area contributed by atoms with Gasteiger partial charge in [0.05, 0.1) is 12.1 Å². The molecular formula is C26H35N3O2. The van der Waals surface area contributed by atoms with Gasteiger partial charge in [-0.05, 0) is 50.4 Å². The van der Waals surface area contributed by atoms with Crippen LogP contribution >= 0.6 is 0 Å². The summed E-state index contributed by atoms with van der Waals surface area (Å²) in [5, 5.41) is 10.4. The zero-order chi connectivity index (χ0) is 21.6. The molecule has 2 aromatic rings. The summed E-state index contributed by atoms with van der Waals surface area (Å²) >= 11 is 0. The highest BCUT2D eigenvalue weighted by molar-refractivity contribution is 5.82. The molecule has 2 fully saturated rings. The van der Waals surface area contributed by atoms with E-state index in [1.165, 1.54) is 5.56 Å². The number of hydrogen-bond acceptors (Lipinski definition) is 4. The molecule has 2 atom stereocenters. The Morgan fingerprint density at radius 3 is 2.23 bits per heavy atom. The third-order valence-electron chi connectivity index (χ3n) is 6.79. The highest BCUT2D eigenvalue weighted by atomic mass is 16.3. The number of aliphatic hydroxyl groups excluding tert-OH is 1. The molecule has 2 aromatic carbocycles. The molecule has 0 saturated carbocycles. The predicted octanol–water partition coefficient (Wildman–Crippen LogP) is 3.13. The van der Waals surface area contributed by atoms with Crippen molar-refractivity contribution in [1.82, 2.24) is 14.7 Å². The van der Waals surface area contributed by atoms with Crippen LogP contribution in [0, 0.1) is 0 Å². The van der Waals surface area contributed by atoms with E-state index in [2.05, 4.69) is 52.3 Å². The van der Waals surface area contributed by atoms with Crippen molar-refractivity contribution in [2.24, 2.45) is 0 Å². The maximum absolute atomic E-state index is 13.4. The minimum atomic E-state index is -0.410. The first kappa shape index (κ1) is 22.0. The molecule has 1 amide bonds. The predicted molar refractivity (Wildman–Crippen MR) is 123 cm³/mol. The van der Waals surface area contributed by atoms with E-state index >= 15 is 0 Å². The Bertz CT molecular complexity index is 821. The summed E-state index contributed by atoms with van der Waals surface area (Å²) in [7, 11) is 0. The number of β-amino-alcohol motifs (C(OH)–C–C–N with tert-alkyl or cyclic N) is 1. The topological polar surface area (TPSA) is 47.0 Å². The number of likely N-dealkylation sites (N-methyl/N-ethyl adjacent to an activating group) is 1. The van der Waals surface area contributed by atoms with Gasteiger partial charge in [-0.25, -0.2) is 0 Å². The van der Waals surface area contributed by atoms with Crippen LogP contribution in [0.1, 0.15) is 37.3 Å². The Morgan fingerprint density at radius 1 is 1.00 bits per heavy atom. The molecule has 166 valence electrons. The molecule has 1 N–H and O–H groups in total. The lowest BCUT2D eigenvalue weighted by Gasteiger charge is -2.40. The van der Waals surface area contributed by atoms with Gasteiger partial charge in [-0.15, -0.1) is 0 Å². The quantitative estimate of drug-likeness (QED) is 0.746. The number of benzene rings is 2. The highest BCUT2D eigenvalue weighted by Crippen LogP contribution is 2.28. The Morgan fingerprint density at radius 2 is 1.61 bits per heavy atom. The molecule has 0 spiro atoms. The van der Waals surface area contributed by atoms with Gasteiger partial charge in [0.25, 0.3) is 0 Å². The van der Waals surface area contributed by atoms with Crippen LogP contribution in [0.3, 0.4) is 0 Å². The van der Waals surface area contributed by atoms with Gasteiger partial charge in [0.15, 0.2) is 0 Å². The molecule has 2 aliphatic heterocycles. The van der Waals surface area contributed by atoms with Crippen LogP contribution in [0.15, 0.2) is 60.7 Å². The molecule has 5 heteroatoms. The molecule has 0 aliphatic carbocycles. The van der Waals surface area contributed by atoms with E-state index in [4.69, 9.17) is 0 Å². The second-order valence-corrected chi connectivity index (χ2v) is 8.93. The number of nitrogens with zero attached hydrogens (tertiary/aromatic N) is 3. The summed E-state index contributed by atoms with van der Waals surface area (Å²) in [4.78, 5) is 20.2. The highest BCUT2D eigenvalue weighted by Gasteiger charge is 2.41. The standard InChI is InChI=1S/C26H35N3O2/c1-2-28(19-22-11-7-4-8-12-22)26(31)25-17-24(30)20-29(25)23-13-15-27(16-14-23)18-21-9-5-3-6-10-21/h3-12,23-25,30H,2,13-20H2,1H3/t24-,25+/m1/s1. The first-order valence-electron chi connectivity index (χ1n) is 11.7. The van der Waals surface area contributed by atoms with Gasteiger partial charge in [-0.3, -0.25) is 14.6 Å². The fourth-order valence-corrected chi connectivity index (χ4v) is 5.10. The van der Waals surface area contributed by atoms with Crippen molar-refractivity contribution in [2.45, 2.75) is 57.5 Å². The van der Waals surface area contributed by atoms with E-state index in [0.717, 1.165) is 38.0 Å². The van der Waals surface area contributed by atoms with E-state index in [0.29, 0.717) is 32.1 Å². The second kappa shape index (κ2) is 10.4. The maximum Gasteiger partial charge on any atom is 0.240 e. The molecule has 2 heterocycles. The molecule has 0 aromatic heterocycles. The van der Waals surface area contributed by atoms with Gasteiger partial charge in [0.2, 0.25) is 5.91 Å². The number of hydrogen-bond donors (Lipinski definition) is 1. The maximum atomic E-state index is 13.4. The van der Waals surface area contributed by atoms with E-state index in [1.807, 2.05) is 30.0 Å². The van der Waals surface area contributed by atoms with Crippen molar-refractivity contribution in [1.29, 1.82) is 0 Å². The SMILES string of the molecule is CCN(Cc1ccccc1)C(=O)[C@@H]1C[C@@H](O)CN1C1CCN(Cc2ccccc2)CC1. The zero-order valence-corrected chi connectivity index (χ0v) is 18.6. The number of rotatable bonds is 7. The van der Waals surface area contributed by atoms with Gasteiger partial charge in [0, 0.05) is 32.2 Å². The van der Waals surface area contributed by atoms with Crippen LogP contribution in [0.5, 0.6) is 0 Å². The summed E-state index contributed by atoms with van der Waals surface area (Å²) < 4.78 is 0. The first-order chi connectivity index (χ1) is 15.1. The number of likely N-dealkylation sites (tertiary alicyclic amines) is 2. The molecule has 5 nitrogen and oxygen atoms in total. The molecule has 2 saturated heterocycles. The Labute approximate surface area is 186 Å². The fourth-order valence-electron chi connectivity index (χ4n) is 5.10. The van der Waals surface area contributed by atoms with Crippen LogP contribution in [-0.4, -0.2) is 70.1 Å². The van der Waals surface area contributed by atoms with E-state index < -0.39 is 6.10 Å². The van der Waals surface area contributed by atoms with E-state index in [1.54, 1.807) is 0 Å². The average Bonchev–Trinajstić information content (AvgIpc) is 3.20. The summed E-state index contributed by atoms with van der Waals surface area (Å²) in [6.07, 6.45) is 2.24. The number of piperidine rings is 1. The minimum absolute atomic E-state index is 0.162. The lowest BCUT2D eigenvalue weighted by Crippen LogP contribution is -2.52. The van der Waals surface area contributed by atoms with Crippen molar-refractivity contribution >= 4 is 5.91 Å². The van der Waals surface area contributed by atoms with Crippen molar-refractivity contribution in [3.05, 3.63) is 71.8 Å². The average molecular weight is 422 g/mol. The smallest absolute Gasteiger partial charge is 0.240 e. The van der Waals surface area contributed by atoms with Gasteiger partial charge >= 0.3 is 0 Å². The van der Waals surface area contributed by atoms with Crippen molar-refractivity contribution < 1.29 is 9.90 Å². The van der Waals surface area contributed by atoms with Crippen molar-refractivity contribution in [2.75, 3.05) is 26.2 Å². The van der Waals surface area contributed by atoms with Crippen molar-refractivity contribution in [3.8, 4) is 0 Å². The van der Waals surface area contributed by atoms with Gasteiger partial charge < -0.3 is 10.0 Å². The largest absolute Gasteiger partial charge is 0.392 e. The Balaban J connectivity index is 1.37. The van der Waals surface area contributed by atoms with Crippen molar-refractivity contribution in [3.63, 3.8) is 0 Å². The number of carbonyl (C=O) groups is 1. The monoisotopic (exact) mass is 421 g/mol. The molecule has 2 aliphatic rings. The van der Waals surface area contributed by atoms with E-state index in [9.17, 15) is 9.90 Å². The lowest BCUT2D eigenvalue weighted by molar-refractivity contribution is -0.137. The van der Waals surface area contributed by atoms with Crippen LogP contribution in [-0.2, 0) is 17.9 Å². The molecule has 31 heavy (non-hydrogen) atoms. The third kappa shape index (κ3) is 5.53. The normalized spacial score (nSPS) is 23.2. The first-order valence-corrected chi connectivity index (χ1v) is 11.7. The van der Waals surface area contributed by atoms with Crippen LogP contribution in [0.4, 0.5) is 0 Å². The van der Waals surface area contributed by atoms with Crippen LogP contribution < -0.4 is 0 Å². The van der Waals surface area contributed by atoms with Gasteiger partial charge in [-0.2, -0.15) is 0 Å². The molecular weight excluding hydrogens is 386 g/mol. The number of carbonyl (C=O) groups excluding carboxylic acids is 1. The number of aliphatic hydroxyl groups is 1. The molecule has 4 rings (SSSR count). The third-order valence-corrected chi connectivity index (χ3v) is 6.79.